The highest BCUT2D eigenvalue weighted by atomic mass is 32.2. The molecule has 0 aliphatic rings. The lowest BCUT2D eigenvalue weighted by Crippen LogP contribution is -2.53. The van der Waals surface area contributed by atoms with Gasteiger partial charge in [-0.15, -0.1) is 0 Å². The van der Waals surface area contributed by atoms with E-state index < -0.39 is 34.3 Å². The standard InChI is InChI=1S/C33H34FN3O4S/c1-3-35-33(39)31(22-26-14-6-4-7-15-26)36(23-27-16-12-13-25(2)21-27)32(38)24-37(30-20-11-10-19-29(30)34)42(40,41)28-17-8-5-9-18-28/h4-21,31H,3,22-24H2,1-2H3,(H,35,39). The summed E-state index contributed by atoms with van der Waals surface area (Å²) in [5, 5.41) is 2.82. The number of carbonyl (C=O) groups excluding carboxylic acids is 2. The number of para-hydroxylation sites is 1. The van der Waals surface area contributed by atoms with Gasteiger partial charge in [-0.25, -0.2) is 12.8 Å². The number of hydrogen-bond acceptors (Lipinski definition) is 4. The molecule has 9 heteroatoms. The number of nitrogens with one attached hydrogen (secondary N) is 1. The van der Waals surface area contributed by atoms with Crippen LogP contribution in [0.5, 0.6) is 0 Å². The second-order valence-corrected chi connectivity index (χ2v) is 11.7. The van der Waals surface area contributed by atoms with Crippen LogP contribution in [0.15, 0.2) is 114 Å². The summed E-state index contributed by atoms with van der Waals surface area (Å²) in [6, 6.07) is 28.9. The first kappa shape index (κ1) is 30.5. The summed E-state index contributed by atoms with van der Waals surface area (Å²) in [7, 11) is -4.35. The van der Waals surface area contributed by atoms with E-state index in [1.807, 2.05) is 61.5 Å². The Balaban J connectivity index is 1.80. The minimum atomic E-state index is -4.35. The molecule has 0 radical (unpaired) electrons. The number of likely N-dealkylation sites (N-methyl/N-ethyl adjacent to an activating group) is 1. The Bertz CT molecular complexity index is 1610. The largest absolute Gasteiger partial charge is 0.355 e. The fourth-order valence-electron chi connectivity index (χ4n) is 4.74. The first-order valence-electron chi connectivity index (χ1n) is 13.7. The molecule has 4 rings (SSSR count). The van der Waals surface area contributed by atoms with Gasteiger partial charge in [0, 0.05) is 19.5 Å². The van der Waals surface area contributed by atoms with Crippen molar-refractivity contribution in [3.63, 3.8) is 0 Å². The maximum Gasteiger partial charge on any atom is 0.264 e. The zero-order chi connectivity index (χ0) is 30.1. The van der Waals surface area contributed by atoms with Gasteiger partial charge >= 0.3 is 0 Å². The third-order valence-corrected chi connectivity index (χ3v) is 8.56. The van der Waals surface area contributed by atoms with E-state index in [0.29, 0.717) is 6.54 Å². The molecule has 4 aromatic carbocycles. The van der Waals surface area contributed by atoms with E-state index in [-0.39, 0.29) is 29.5 Å². The van der Waals surface area contributed by atoms with Crippen molar-refractivity contribution in [3.05, 3.63) is 132 Å². The molecule has 1 N–H and O–H groups in total. The van der Waals surface area contributed by atoms with Crippen LogP contribution >= 0.6 is 0 Å². The van der Waals surface area contributed by atoms with Crippen molar-refractivity contribution in [1.29, 1.82) is 0 Å². The Hall–Kier alpha value is -4.50. The first-order valence-corrected chi connectivity index (χ1v) is 15.1. The summed E-state index contributed by atoms with van der Waals surface area (Å²) in [5.41, 5.74) is 2.31. The summed E-state index contributed by atoms with van der Waals surface area (Å²) >= 11 is 0. The second kappa shape index (κ2) is 13.9. The van der Waals surface area contributed by atoms with Crippen LogP contribution < -0.4 is 9.62 Å². The van der Waals surface area contributed by atoms with E-state index in [0.717, 1.165) is 27.1 Å². The molecule has 4 aromatic rings. The molecule has 0 spiro atoms. The van der Waals surface area contributed by atoms with E-state index >= 15 is 4.39 Å². The van der Waals surface area contributed by atoms with Crippen molar-refractivity contribution >= 4 is 27.5 Å². The molecule has 7 nitrogen and oxygen atoms in total. The van der Waals surface area contributed by atoms with Gasteiger partial charge in [-0.05, 0) is 49.2 Å². The Morgan fingerprint density at radius 1 is 0.833 bits per heavy atom. The van der Waals surface area contributed by atoms with Crippen molar-refractivity contribution in [2.45, 2.75) is 37.8 Å². The van der Waals surface area contributed by atoms with Crippen molar-refractivity contribution in [2.75, 3.05) is 17.4 Å². The Morgan fingerprint density at radius 2 is 1.45 bits per heavy atom. The summed E-state index contributed by atoms with van der Waals surface area (Å²) in [6.07, 6.45) is 0.204. The lowest BCUT2D eigenvalue weighted by atomic mass is 10.0. The number of rotatable bonds is 12. The SMILES string of the molecule is CCNC(=O)C(Cc1ccccc1)N(Cc1cccc(C)c1)C(=O)CN(c1ccccc1F)S(=O)(=O)c1ccccc1. The zero-order valence-electron chi connectivity index (χ0n) is 23.6. The number of sulfonamides is 1. The molecule has 2 amide bonds. The number of carbonyl (C=O) groups is 2. The average Bonchev–Trinajstić information content (AvgIpc) is 2.99. The van der Waals surface area contributed by atoms with Gasteiger partial charge in [-0.2, -0.15) is 0 Å². The highest BCUT2D eigenvalue weighted by Gasteiger charge is 2.35. The zero-order valence-corrected chi connectivity index (χ0v) is 24.4. The van der Waals surface area contributed by atoms with Crippen LogP contribution in [0.4, 0.5) is 10.1 Å². The molecule has 0 saturated heterocycles. The topological polar surface area (TPSA) is 86.8 Å². The summed E-state index contributed by atoms with van der Waals surface area (Å²) in [4.78, 5) is 29.0. The fourth-order valence-corrected chi connectivity index (χ4v) is 6.18. The molecule has 0 aromatic heterocycles. The Labute approximate surface area is 246 Å². The van der Waals surface area contributed by atoms with E-state index in [4.69, 9.17) is 0 Å². The van der Waals surface area contributed by atoms with Gasteiger partial charge < -0.3 is 10.2 Å². The van der Waals surface area contributed by atoms with Crippen LogP contribution in [0, 0.1) is 12.7 Å². The van der Waals surface area contributed by atoms with Gasteiger partial charge in [-0.1, -0.05) is 90.5 Å². The fraction of sp³-hybridized carbons (Fsp3) is 0.212. The number of nitrogens with zero attached hydrogens (tertiary/aromatic N) is 2. The second-order valence-electron chi connectivity index (χ2n) is 9.89. The monoisotopic (exact) mass is 587 g/mol. The third-order valence-electron chi connectivity index (χ3n) is 6.79. The molecule has 1 unspecified atom stereocenters. The van der Waals surface area contributed by atoms with Gasteiger partial charge in [0.15, 0.2) is 0 Å². The molecule has 1 atom stereocenters. The van der Waals surface area contributed by atoms with E-state index in [2.05, 4.69) is 5.32 Å². The molecule has 0 heterocycles. The lowest BCUT2D eigenvalue weighted by Gasteiger charge is -2.34. The summed E-state index contributed by atoms with van der Waals surface area (Å²) < 4.78 is 43.6. The smallest absolute Gasteiger partial charge is 0.264 e. The highest BCUT2D eigenvalue weighted by molar-refractivity contribution is 7.92. The van der Waals surface area contributed by atoms with Gasteiger partial charge in [0.2, 0.25) is 11.8 Å². The van der Waals surface area contributed by atoms with Crippen molar-refractivity contribution in [3.8, 4) is 0 Å². The van der Waals surface area contributed by atoms with E-state index in [9.17, 15) is 18.0 Å². The normalized spacial score (nSPS) is 11.9. The van der Waals surface area contributed by atoms with Crippen LogP contribution in [0.3, 0.4) is 0 Å². The highest BCUT2D eigenvalue weighted by Crippen LogP contribution is 2.27. The van der Waals surface area contributed by atoms with Crippen LogP contribution in [0.1, 0.15) is 23.6 Å². The number of amides is 2. The summed E-state index contributed by atoms with van der Waals surface area (Å²) in [5.74, 6) is -1.81. The Kier molecular flexibility index (Phi) is 10.1. The molecule has 0 bridgehead atoms. The predicted octanol–water partition coefficient (Wildman–Crippen LogP) is 5.11. The van der Waals surface area contributed by atoms with Crippen molar-refractivity contribution in [1.82, 2.24) is 10.2 Å². The minimum Gasteiger partial charge on any atom is -0.355 e. The van der Waals surface area contributed by atoms with Crippen molar-refractivity contribution in [2.24, 2.45) is 0 Å². The third kappa shape index (κ3) is 7.41. The molecule has 218 valence electrons. The quantitative estimate of drug-likeness (QED) is 0.250. The number of hydrogen-bond donors (Lipinski definition) is 1. The van der Waals surface area contributed by atoms with Gasteiger partial charge in [0.1, 0.15) is 18.4 Å². The van der Waals surface area contributed by atoms with Crippen molar-refractivity contribution < 1.29 is 22.4 Å². The van der Waals surface area contributed by atoms with E-state index in [1.54, 1.807) is 25.1 Å². The minimum absolute atomic E-state index is 0.0473. The van der Waals surface area contributed by atoms with Crippen LogP contribution in [-0.2, 0) is 32.6 Å². The number of aryl methyl sites for hydroxylation is 1. The lowest BCUT2D eigenvalue weighted by molar-refractivity contribution is -0.140. The number of anilines is 1. The molecule has 0 aliphatic heterocycles. The molecular formula is C33H34FN3O4S. The molecule has 42 heavy (non-hydrogen) atoms. The Morgan fingerprint density at radius 3 is 2.10 bits per heavy atom. The van der Waals surface area contributed by atoms with Crippen LogP contribution in [0.2, 0.25) is 0 Å². The molecular weight excluding hydrogens is 553 g/mol. The van der Waals surface area contributed by atoms with Crippen LogP contribution in [0.25, 0.3) is 0 Å². The molecule has 0 aliphatic carbocycles. The maximum absolute atomic E-state index is 15.1. The number of benzene rings is 4. The first-order chi connectivity index (χ1) is 20.2. The average molecular weight is 588 g/mol. The van der Waals surface area contributed by atoms with Gasteiger partial charge in [-0.3, -0.25) is 13.9 Å². The van der Waals surface area contributed by atoms with Gasteiger partial charge in [0.05, 0.1) is 10.6 Å². The predicted molar refractivity (Wildman–Crippen MR) is 162 cm³/mol. The summed E-state index contributed by atoms with van der Waals surface area (Å²) in [6.45, 7) is 3.39. The van der Waals surface area contributed by atoms with E-state index in [1.165, 1.54) is 35.2 Å². The molecule has 0 fully saturated rings. The molecule has 0 saturated carbocycles. The number of halogens is 1. The van der Waals surface area contributed by atoms with Crippen LogP contribution in [-0.4, -0.2) is 44.3 Å². The van der Waals surface area contributed by atoms with Gasteiger partial charge in [0.25, 0.3) is 10.0 Å². The maximum atomic E-state index is 15.1.